The second-order valence-electron chi connectivity index (χ2n) is 6.96. The molecule has 2 aliphatic rings. The SMILES string of the molecule is Cl.Nc1cccc2c1CCCN2C(=O)CN1C(=O)CCCc2ccccc21. The van der Waals surface area contributed by atoms with Crippen molar-refractivity contribution in [3.8, 4) is 0 Å². The number of hydrogen-bond acceptors (Lipinski definition) is 3. The maximum atomic E-state index is 13.1. The molecule has 5 nitrogen and oxygen atoms in total. The van der Waals surface area contributed by atoms with Gasteiger partial charge in [0.15, 0.2) is 0 Å². The van der Waals surface area contributed by atoms with Gasteiger partial charge in [0, 0.05) is 30.0 Å². The van der Waals surface area contributed by atoms with Gasteiger partial charge < -0.3 is 15.5 Å². The topological polar surface area (TPSA) is 66.6 Å². The fourth-order valence-electron chi connectivity index (χ4n) is 3.99. The molecular weight excluding hydrogens is 362 g/mol. The number of rotatable bonds is 2. The molecule has 0 saturated carbocycles. The van der Waals surface area contributed by atoms with Crippen molar-refractivity contribution in [1.82, 2.24) is 0 Å². The molecule has 2 aliphatic heterocycles. The van der Waals surface area contributed by atoms with Crippen LogP contribution in [0.2, 0.25) is 0 Å². The van der Waals surface area contributed by atoms with E-state index in [2.05, 4.69) is 0 Å². The zero-order valence-electron chi connectivity index (χ0n) is 15.2. The summed E-state index contributed by atoms with van der Waals surface area (Å²) in [5.74, 6) is -0.0327. The minimum absolute atomic E-state index is 0. The second kappa shape index (κ2) is 8.01. The molecule has 0 fully saturated rings. The number of carbonyl (C=O) groups is 2. The van der Waals surface area contributed by atoms with Crippen molar-refractivity contribution >= 4 is 41.3 Å². The zero-order valence-corrected chi connectivity index (χ0v) is 16.0. The Morgan fingerprint density at radius 3 is 2.59 bits per heavy atom. The molecule has 2 heterocycles. The molecule has 142 valence electrons. The van der Waals surface area contributed by atoms with E-state index in [1.165, 1.54) is 0 Å². The van der Waals surface area contributed by atoms with Gasteiger partial charge in [-0.2, -0.15) is 0 Å². The van der Waals surface area contributed by atoms with Crippen LogP contribution in [0.3, 0.4) is 0 Å². The Labute approximate surface area is 165 Å². The Bertz CT molecular complexity index is 868. The number of nitrogens with two attached hydrogens (primary N) is 1. The van der Waals surface area contributed by atoms with Crippen molar-refractivity contribution in [2.75, 3.05) is 28.6 Å². The molecule has 4 rings (SSSR count). The lowest BCUT2D eigenvalue weighted by molar-refractivity contribution is -0.122. The number of aryl methyl sites for hydroxylation is 1. The molecule has 0 saturated heterocycles. The van der Waals surface area contributed by atoms with Gasteiger partial charge in [-0.05, 0) is 55.0 Å². The van der Waals surface area contributed by atoms with E-state index >= 15 is 0 Å². The van der Waals surface area contributed by atoms with Crippen LogP contribution in [-0.2, 0) is 22.4 Å². The van der Waals surface area contributed by atoms with Gasteiger partial charge in [0.25, 0.3) is 0 Å². The van der Waals surface area contributed by atoms with Gasteiger partial charge in [-0.25, -0.2) is 0 Å². The summed E-state index contributed by atoms with van der Waals surface area (Å²) in [6, 6.07) is 13.6. The summed E-state index contributed by atoms with van der Waals surface area (Å²) < 4.78 is 0. The fourth-order valence-corrected chi connectivity index (χ4v) is 3.99. The number of hydrogen-bond donors (Lipinski definition) is 1. The molecular formula is C21H24ClN3O2. The first-order valence-electron chi connectivity index (χ1n) is 9.21. The largest absolute Gasteiger partial charge is 0.398 e. The number of nitrogens with zero attached hydrogens (tertiary/aromatic N) is 2. The lowest BCUT2D eigenvalue weighted by atomic mass is 10.00. The van der Waals surface area contributed by atoms with E-state index in [9.17, 15) is 9.59 Å². The van der Waals surface area contributed by atoms with E-state index in [0.29, 0.717) is 13.0 Å². The molecule has 0 atom stereocenters. The number of amides is 2. The third kappa shape index (κ3) is 3.65. The van der Waals surface area contributed by atoms with Crippen LogP contribution in [0.5, 0.6) is 0 Å². The molecule has 2 amide bonds. The van der Waals surface area contributed by atoms with Crippen LogP contribution in [0.1, 0.15) is 30.4 Å². The van der Waals surface area contributed by atoms with Crippen molar-refractivity contribution in [2.45, 2.75) is 32.1 Å². The fraction of sp³-hybridized carbons (Fsp3) is 0.333. The summed E-state index contributed by atoms with van der Waals surface area (Å²) >= 11 is 0. The number of halogens is 1. The number of para-hydroxylation sites is 1. The normalized spacial score (nSPS) is 16.1. The summed E-state index contributed by atoms with van der Waals surface area (Å²) in [5, 5.41) is 0. The van der Waals surface area contributed by atoms with Crippen molar-refractivity contribution in [3.63, 3.8) is 0 Å². The van der Waals surface area contributed by atoms with Crippen molar-refractivity contribution in [2.24, 2.45) is 0 Å². The Hall–Kier alpha value is -2.53. The summed E-state index contributed by atoms with van der Waals surface area (Å²) in [7, 11) is 0. The summed E-state index contributed by atoms with van der Waals surface area (Å²) in [6.45, 7) is 0.739. The van der Waals surface area contributed by atoms with Gasteiger partial charge in [-0.15, -0.1) is 12.4 Å². The van der Waals surface area contributed by atoms with Crippen LogP contribution in [0.4, 0.5) is 17.1 Å². The predicted octanol–water partition coefficient (Wildman–Crippen LogP) is 3.34. The van der Waals surface area contributed by atoms with E-state index in [4.69, 9.17) is 5.73 Å². The van der Waals surface area contributed by atoms with Crippen molar-refractivity contribution < 1.29 is 9.59 Å². The average molecular weight is 386 g/mol. The Balaban J connectivity index is 0.00000210. The minimum atomic E-state index is -0.0541. The van der Waals surface area contributed by atoms with Gasteiger partial charge in [-0.1, -0.05) is 24.3 Å². The summed E-state index contributed by atoms with van der Waals surface area (Å²) in [4.78, 5) is 29.2. The molecule has 2 aromatic rings. The number of nitrogen functional groups attached to an aromatic ring is 1. The van der Waals surface area contributed by atoms with Crippen LogP contribution in [-0.4, -0.2) is 24.9 Å². The Morgan fingerprint density at radius 2 is 1.74 bits per heavy atom. The molecule has 0 bridgehead atoms. The first-order valence-corrected chi connectivity index (χ1v) is 9.21. The van der Waals surface area contributed by atoms with Gasteiger partial charge in [0.2, 0.25) is 11.8 Å². The smallest absolute Gasteiger partial charge is 0.247 e. The summed E-state index contributed by atoms with van der Waals surface area (Å²) in [6.07, 6.45) is 3.94. The second-order valence-corrected chi connectivity index (χ2v) is 6.96. The van der Waals surface area contributed by atoms with Crippen LogP contribution in [0.25, 0.3) is 0 Å². The van der Waals surface area contributed by atoms with Crippen molar-refractivity contribution in [3.05, 3.63) is 53.6 Å². The van der Waals surface area contributed by atoms with Crippen molar-refractivity contribution in [1.29, 1.82) is 0 Å². The molecule has 6 heteroatoms. The van der Waals surface area contributed by atoms with E-state index in [1.807, 2.05) is 42.5 Å². The lowest BCUT2D eigenvalue weighted by Gasteiger charge is -2.32. The average Bonchev–Trinajstić information content (AvgIpc) is 2.81. The standard InChI is InChI=1S/C21H23N3O2.ClH/c22-17-9-4-11-19-16(17)8-5-13-23(19)21(26)14-24-18-10-2-1-6-15(18)7-3-12-20(24)25;/h1-2,4,6,9-11H,3,5,7-8,12-14,22H2;1H. The molecule has 27 heavy (non-hydrogen) atoms. The van der Waals surface area contributed by atoms with E-state index in [0.717, 1.165) is 53.9 Å². The highest BCUT2D eigenvalue weighted by Crippen LogP contribution is 2.32. The highest BCUT2D eigenvalue weighted by molar-refractivity contribution is 6.05. The first kappa shape index (κ1) is 19.2. The number of carbonyl (C=O) groups excluding carboxylic acids is 2. The highest BCUT2D eigenvalue weighted by atomic mass is 35.5. The van der Waals surface area contributed by atoms with Gasteiger partial charge >= 0.3 is 0 Å². The third-order valence-electron chi connectivity index (χ3n) is 5.30. The summed E-state index contributed by atoms with van der Waals surface area (Å²) in [5.41, 5.74) is 10.7. The molecule has 2 N–H and O–H groups in total. The molecule has 0 aromatic heterocycles. The van der Waals surface area contributed by atoms with Gasteiger partial charge in [0.1, 0.15) is 6.54 Å². The lowest BCUT2D eigenvalue weighted by Crippen LogP contribution is -2.45. The monoisotopic (exact) mass is 385 g/mol. The maximum absolute atomic E-state index is 13.1. The van der Waals surface area contributed by atoms with Crippen LogP contribution in [0.15, 0.2) is 42.5 Å². The molecule has 0 radical (unpaired) electrons. The minimum Gasteiger partial charge on any atom is -0.398 e. The van der Waals surface area contributed by atoms with Crippen LogP contribution >= 0.6 is 12.4 Å². The Kier molecular flexibility index (Phi) is 5.71. The zero-order chi connectivity index (χ0) is 18.1. The molecule has 0 aliphatic carbocycles. The highest BCUT2D eigenvalue weighted by Gasteiger charge is 2.29. The van der Waals surface area contributed by atoms with Gasteiger partial charge in [0.05, 0.1) is 0 Å². The number of benzene rings is 2. The van der Waals surface area contributed by atoms with E-state index < -0.39 is 0 Å². The molecule has 0 spiro atoms. The van der Waals surface area contributed by atoms with E-state index in [1.54, 1.807) is 9.80 Å². The van der Waals surface area contributed by atoms with Crippen LogP contribution < -0.4 is 15.5 Å². The molecule has 2 aromatic carbocycles. The quantitative estimate of drug-likeness (QED) is 0.806. The maximum Gasteiger partial charge on any atom is 0.247 e. The van der Waals surface area contributed by atoms with E-state index in [-0.39, 0.29) is 30.8 Å². The number of fused-ring (bicyclic) bond motifs is 2. The Morgan fingerprint density at radius 1 is 0.963 bits per heavy atom. The first-order chi connectivity index (χ1) is 12.6. The third-order valence-corrected chi connectivity index (χ3v) is 5.30. The van der Waals surface area contributed by atoms with Crippen LogP contribution in [0, 0.1) is 0 Å². The molecule has 0 unspecified atom stereocenters. The van der Waals surface area contributed by atoms with Gasteiger partial charge in [-0.3, -0.25) is 9.59 Å². The predicted molar refractivity (Wildman–Crippen MR) is 111 cm³/mol. The number of anilines is 3.